The molecular formula is C19H21NO4. The lowest BCUT2D eigenvalue weighted by atomic mass is 10.00. The molecule has 1 atom stereocenters. The summed E-state index contributed by atoms with van der Waals surface area (Å²) in [5.74, 6) is -0.535. The van der Waals surface area contributed by atoms with Crippen molar-refractivity contribution in [3.63, 3.8) is 0 Å². The van der Waals surface area contributed by atoms with Gasteiger partial charge in [-0.25, -0.2) is 4.79 Å². The molecule has 5 nitrogen and oxygen atoms in total. The highest BCUT2D eigenvalue weighted by molar-refractivity contribution is 5.87. The molecule has 0 spiro atoms. The third-order valence-corrected chi connectivity index (χ3v) is 3.90. The van der Waals surface area contributed by atoms with E-state index in [0.29, 0.717) is 13.0 Å². The Morgan fingerprint density at radius 3 is 2.50 bits per heavy atom. The van der Waals surface area contributed by atoms with Crippen LogP contribution in [0.5, 0.6) is 5.75 Å². The molecule has 0 bridgehead atoms. The lowest BCUT2D eigenvalue weighted by Crippen LogP contribution is -2.29. The smallest absolute Gasteiger partial charge is 0.335 e. The molecule has 2 aromatic carbocycles. The molecule has 0 heterocycles. The van der Waals surface area contributed by atoms with Crippen LogP contribution in [0.2, 0.25) is 0 Å². The fourth-order valence-corrected chi connectivity index (χ4v) is 2.36. The maximum absolute atomic E-state index is 12.2. The molecule has 0 saturated carbocycles. The van der Waals surface area contributed by atoms with Gasteiger partial charge in [0.25, 0.3) is 0 Å². The molecule has 5 heteroatoms. The lowest BCUT2D eigenvalue weighted by molar-refractivity contribution is -0.122. The highest BCUT2D eigenvalue weighted by atomic mass is 16.5. The topological polar surface area (TPSA) is 75.6 Å². The molecule has 126 valence electrons. The third kappa shape index (κ3) is 4.59. The van der Waals surface area contributed by atoms with Crippen LogP contribution in [-0.2, 0) is 11.2 Å². The van der Waals surface area contributed by atoms with Crippen LogP contribution in [0.15, 0.2) is 48.5 Å². The first kappa shape index (κ1) is 17.5. The van der Waals surface area contributed by atoms with Crippen molar-refractivity contribution in [2.24, 2.45) is 0 Å². The summed E-state index contributed by atoms with van der Waals surface area (Å²) in [4.78, 5) is 23.1. The minimum absolute atomic E-state index is 0.0505. The van der Waals surface area contributed by atoms with Crippen LogP contribution in [0.4, 0.5) is 0 Å². The van der Waals surface area contributed by atoms with Gasteiger partial charge in [-0.15, -0.1) is 0 Å². The van der Waals surface area contributed by atoms with Gasteiger partial charge in [0, 0.05) is 6.54 Å². The van der Waals surface area contributed by atoms with Crippen molar-refractivity contribution < 1.29 is 19.4 Å². The van der Waals surface area contributed by atoms with E-state index in [1.807, 2.05) is 31.2 Å². The number of benzene rings is 2. The Hall–Kier alpha value is -2.82. The summed E-state index contributed by atoms with van der Waals surface area (Å²) in [5, 5.41) is 11.8. The number of carboxylic acids is 1. The average molecular weight is 327 g/mol. The van der Waals surface area contributed by atoms with Crippen molar-refractivity contribution in [3.8, 4) is 5.75 Å². The number of carboxylic acid groups (broad SMARTS) is 1. The lowest BCUT2D eigenvalue weighted by Gasteiger charge is -2.13. The van der Waals surface area contributed by atoms with Crippen LogP contribution in [0.1, 0.15) is 34.3 Å². The fourth-order valence-electron chi connectivity index (χ4n) is 2.36. The molecule has 1 unspecified atom stereocenters. The van der Waals surface area contributed by atoms with Crippen molar-refractivity contribution in [2.75, 3.05) is 13.7 Å². The first-order chi connectivity index (χ1) is 11.5. The van der Waals surface area contributed by atoms with Crippen LogP contribution in [0.3, 0.4) is 0 Å². The summed E-state index contributed by atoms with van der Waals surface area (Å²) in [6, 6.07) is 14.1. The second-order valence-corrected chi connectivity index (χ2v) is 5.54. The van der Waals surface area contributed by atoms with Crippen LogP contribution in [0.25, 0.3) is 0 Å². The monoisotopic (exact) mass is 327 g/mol. The van der Waals surface area contributed by atoms with Crippen LogP contribution >= 0.6 is 0 Å². The number of rotatable bonds is 7. The summed E-state index contributed by atoms with van der Waals surface area (Å²) in [6.45, 7) is 2.35. The zero-order valence-electron chi connectivity index (χ0n) is 13.8. The van der Waals surface area contributed by atoms with Gasteiger partial charge in [0.1, 0.15) is 5.75 Å². The first-order valence-electron chi connectivity index (χ1n) is 7.75. The van der Waals surface area contributed by atoms with Crippen LogP contribution < -0.4 is 10.1 Å². The largest absolute Gasteiger partial charge is 0.497 e. The Labute approximate surface area is 141 Å². The number of carbonyl (C=O) groups excluding carboxylic acids is 1. The molecule has 0 aliphatic rings. The van der Waals surface area contributed by atoms with Gasteiger partial charge in [-0.2, -0.15) is 0 Å². The number of hydrogen-bond acceptors (Lipinski definition) is 3. The van der Waals surface area contributed by atoms with E-state index in [4.69, 9.17) is 9.84 Å². The summed E-state index contributed by atoms with van der Waals surface area (Å²) in [6.07, 6.45) is 0.649. The number of aromatic carboxylic acids is 1. The van der Waals surface area contributed by atoms with Crippen molar-refractivity contribution in [1.82, 2.24) is 5.32 Å². The van der Waals surface area contributed by atoms with Crippen molar-refractivity contribution in [1.29, 1.82) is 0 Å². The third-order valence-electron chi connectivity index (χ3n) is 3.90. The average Bonchev–Trinajstić information content (AvgIpc) is 2.61. The molecule has 1 amide bonds. The minimum Gasteiger partial charge on any atom is -0.497 e. The highest BCUT2D eigenvalue weighted by Crippen LogP contribution is 2.20. The highest BCUT2D eigenvalue weighted by Gasteiger charge is 2.15. The number of nitrogens with one attached hydrogen (secondary N) is 1. The van der Waals surface area contributed by atoms with E-state index >= 15 is 0 Å². The summed E-state index contributed by atoms with van der Waals surface area (Å²) in [7, 11) is 1.60. The number of ether oxygens (including phenoxy) is 1. The molecule has 0 radical (unpaired) electrons. The van der Waals surface area contributed by atoms with E-state index in [2.05, 4.69) is 5.32 Å². The zero-order chi connectivity index (χ0) is 17.5. The van der Waals surface area contributed by atoms with Gasteiger partial charge in [0.2, 0.25) is 5.91 Å². The molecule has 0 aliphatic carbocycles. The van der Waals surface area contributed by atoms with Crippen molar-refractivity contribution in [3.05, 3.63) is 65.2 Å². The first-order valence-corrected chi connectivity index (χ1v) is 7.75. The van der Waals surface area contributed by atoms with Gasteiger partial charge >= 0.3 is 5.97 Å². The van der Waals surface area contributed by atoms with Gasteiger partial charge in [-0.1, -0.05) is 24.3 Å². The molecule has 0 fully saturated rings. The molecule has 0 aliphatic heterocycles. The number of methoxy groups -OCH3 is 1. The van der Waals surface area contributed by atoms with Crippen molar-refractivity contribution in [2.45, 2.75) is 19.3 Å². The maximum atomic E-state index is 12.2. The van der Waals surface area contributed by atoms with E-state index < -0.39 is 5.97 Å². The Bertz CT molecular complexity index is 710. The molecule has 0 saturated heterocycles. The van der Waals surface area contributed by atoms with E-state index in [1.54, 1.807) is 31.4 Å². The van der Waals surface area contributed by atoms with Crippen molar-refractivity contribution >= 4 is 11.9 Å². The predicted octanol–water partition coefficient (Wildman–Crippen LogP) is 2.86. The summed E-state index contributed by atoms with van der Waals surface area (Å²) in [5.41, 5.74) is 2.14. The number of hydrogen-bond donors (Lipinski definition) is 2. The van der Waals surface area contributed by atoms with Gasteiger partial charge < -0.3 is 15.2 Å². The van der Waals surface area contributed by atoms with Crippen LogP contribution in [-0.4, -0.2) is 30.6 Å². The Kier molecular flexibility index (Phi) is 5.95. The predicted molar refractivity (Wildman–Crippen MR) is 91.5 cm³/mol. The zero-order valence-corrected chi connectivity index (χ0v) is 13.8. The fraction of sp³-hybridized carbons (Fsp3) is 0.263. The normalized spacial score (nSPS) is 11.6. The summed E-state index contributed by atoms with van der Waals surface area (Å²) >= 11 is 0. The summed E-state index contributed by atoms with van der Waals surface area (Å²) < 4.78 is 5.18. The molecule has 2 rings (SSSR count). The number of amides is 1. The standard InChI is InChI=1S/C19H21NO4/c1-13(16-4-3-5-17(12-16)24-2)18(21)20-11-10-14-6-8-15(9-7-14)19(22)23/h3-9,12-13H,10-11H2,1-2H3,(H,20,21)(H,22,23). The van der Waals surface area contributed by atoms with E-state index in [-0.39, 0.29) is 17.4 Å². The van der Waals surface area contributed by atoms with E-state index in [1.165, 1.54) is 0 Å². The van der Waals surface area contributed by atoms with E-state index in [9.17, 15) is 9.59 Å². The van der Waals surface area contributed by atoms with Gasteiger partial charge in [0.05, 0.1) is 18.6 Å². The Morgan fingerprint density at radius 1 is 1.17 bits per heavy atom. The van der Waals surface area contributed by atoms with E-state index in [0.717, 1.165) is 16.9 Å². The quantitative estimate of drug-likeness (QED) is 0.820. The van der Waals surface area contributed by atoms with Gasteiger partial charge in [0.15, 0.2) is 0 Å². The minimum atomic E-state index is -0.943. The van der Waals surface area contributed by atoms with Gasteiger partial charge in [-0.3, -0.25) is 4.79 Å². The molecule has 2 N–H and O–H groups in total. The molecular weight excluding hydrogens is 306 g/mol. The Morgan fingerprint density at radius 2 is 1.88 bits per heavy atom. The second-order valence-electron chi connectivity index (χ2n) is 5.54. The van der Waals surface area contributed by atoms with Gasteiger partial charge in [-0.05, 0) is 48.7 Å². The SMILES string of the molecule is COc1cccc(C(C)C(=O)NCCc2ccc(C(=O)O)cc2)c1. The Balaban J connectivity index is 1.87. The van der Waals surface area contributed by atoms with Crippen LogP contribution in [0, 0.1) is 0 Å². The second kappa shape index (κ2) is 8.15. The molecule has 24 heavy (non-hydrogen) atoms. The number of carbonyl (C=O) groups is 2. The molecule has 0 aromatic heterocycles. The maximum Gasteiger partial charge on any atom is 0.335 e. The molecule has 2 aromatic rings.